The first-order chi connectivity index (χ1) is 12.0. The summed E-state index contributed by atoms with van der Waals surface area (Å²) >= 11 is 0. The van der Waals surface area contributed by atoms with Crippen molar-refractivity contribution >= 4 is 11.9 Å². The van der Waals surface area contributed by atoms with Crippen LogP contribution in [-0.2, 0) is 0 Å². The van der Waals surface area contributed by atoms with E-state index in [1.807, 2.05) is 4.90 Å². The standard InChI is InChI=1S/C19H26FN3O2/c1-14-13-15(7-8-17(14)20)18(24)22-9-4-10-23(12-11-22)19(25)21-16-5-2-3-6-16/h7-8,13,16H,2-6,9-12H2,1H3,(H,21,25). The van der Waals surface area contributed by atoms with Crippen molar-refractivity contribution in [2.24, 2.45) is 0 Å². The van der Waals surface area contributed by atoms with Crippen LogP contribution in [0.1, 0.15) is 48.0 Å². The van der Waals surface area contributed by atoms with Crippen LogP contribution >= 0.6 is 0 Å². The predicted octanol–water partition coefficient (Wildman–Crippen LogP) is 2.93. The lowest BCUT2D eigenvalue weighted by atomic mass is 10.1. The van der Waals surface area contributed by atoms with Crippen LogP contribution in [0.5, 0.6) is 0 Å². The molecule has 2 fully saturated rings. The third-order valence-electron chi connectivity index (χ3n) is 5.16. The van der Waals surface area contributed by atoms with E-state index in [1.54, 1.807) is 17.9 Å². The zero-order valence-electron chi connectivity index (χ0n) is 14.8. The molecule has 6 heteroatoms. The van der Waals surface area contributed by atoms with Gasteiger partial charge in [-0.25, -0.2) is 9.18 Å². The first-order valence-corrected chi connectivity index (χ1v) is 9.15. The maximum atomic E-state index is 13.4. The van der Waals surface area contributed by atoms with Crippen molar-refractivity contribution in [1.29, 1.82) is 0 Å². The molecular weight excluding hydrogens is 321 g/mol. The van der Waals surface area contributed by atoms with Crippen molar-refractivity contribution in [2.75, 3.05) is 26.2 Å². The van der Waals surface area contributed by atoms with Crippen LogP contribution in [0.4, 0.5) is 9.18 Å². The van der Waals surface area contributed by atoms with Crippen molar-refractivity contribution < 1.29 is 14.0 Å². The summed E-state index contributed by atoms with van der Waals surface area (Å²) in [5.74, 6) is -0.400. The fraction of sp³-hybridized carbons (Fsp3) is 0.579. The highest BCUT2D eigenvalue weighted by molar-refractivity contribution is 5.94. The first kappa shape index (κ1) is 17.7. The Morgan fingerprint density at radius 1 is 1.04 bits per heavy atom. The second kappa shape index (κ2) is 7.85. The molecule has 1 saturated carbocycles. The maximum Gasteiger partial charge on any atom is 0.317 e. The Morgan fingerprint density at radius 3 is 2.44 bits per heavy atom. The highest BCUT2D eigenvalue weighted by Gasteiger charge is 2.25. The molecule has 0 aromatic heterocycles. The number of rotatable bonds is 2. The second-order valence-corrected chi connectivity index (χ2v) is 7.03. The molecule has 25 heavy (non-hydrogen) atoms. The van der Waals surface area contributed by atoms with Crippen LogP contribution in [0.25, 0.3) is 0 Å². The van der Waals surface area contributed by atoms with Gasteiger partial charge >= 0.3 is 6.03 Å². The van der Waals surface area contributed by atoms with Crippen molar-refractivity contribution in [3.63, 3.8) is 0 Å². The molecule has 1 aliphatic heterocycles. The van der Waals surface area contributed by atoms with Crippen molar-refractivity contribution in [3.05, 3.63) is 35.1 Å². The van der Waals surface area contributed by atoms with E-state index in [4.69, 9.17) is 0 Å². The molecule has 1 heterocycles. The van der Waals surface area contributed by atoms with Crippen LogP contribution in [0.2, 0.25) is 0 Å². The molecular formula is C19H26FN3O2. The Kier molecular flexibility index (Phi) is 5.56. The molecule has 0 radical (unpaired) electrons. The van der Waals surface area contributed by atoms with Gasteiger partial charge in [0.25, 0.3) is 5.91 Å². The van der Waals surface area contributed by atoms with Gasteiger partial charge in [-0.3, -0.25) is 4.79 Å². The fourth-order valence-corrected chi connectivity index (χ4v) is 3.62. The van der Waals surface area contributed by atoms with E-state index in [1.165, 1.54) is 25.0 Å². The Bertz CT molecular complexity index is 644. The van der Waals surface area contributed by atoms with E-state index in [0.717, 1.165) is 19.3 Å². The number of hydrogen-bond donors (Lipinski definition) is 1. The fourth-order valence-electron chi connectivity index (χ4n) is 3.62. The molecule has 1 aromatic rings. The maximum absolute atomic E-state index is 13.4. The number of aryl methyl sites for hydroxylation is 1. The van der Waals surface area contributed by atoms with Crippen LogP contribution < -0.4 is 5.32 Å². The molecule has 2 aliphatic rings. The number of nitrogens with zero attached hydrogens (tertiary/aromatic N) is 2. The summed E-state index contributed by atoms with van der Waals surface area (Å²) in [7, 11) is 0. The quantitative estimate of drug-likeness (QED) is 0.894. The zero-order valence-corrected chi connectivity index (χ0v) is 14.8. The van der Waals surface area contributed by atoms with Gasteiger partial charge in [0.2, 0.25) is 0 Å². The Labute approximate surface area is 148 Å². The summed E-state index contributed by atoms with van der Waals surface area (Å²) < 4.78 is 13.4. The van der Waals surface area contributed by atoms with Crippen LogP contribution in [0, 0.1) is 12.7 Å². The van der Waals surface area contributed by atoms with E-state index >= 15 is 0 Å². The molecule has 3 rings (SSSR count). The highest BCUT2D eigenvalue weighted by Crippen LogP contribution is 2.18. The topological polar surface area (TPSA) is 52.7 Å². The summed E-state index contributed by atoms with van der Waals surface area (Å²) in [6, 6.07) is 4.74. The summed E-state index contributed by atoms with van der Waals surface area (Å²) in [6.07, 6.45) is 5.25. The van der Waals surface area contributed by atoms with E-state index in [-0.39, 0.29) is 17.8 Å². The average Bonchev–Trinajstić information content (AvgIpc) is 2.98. The van der Waals surface area contributed by atoms with Gasteiger partial charge in [0.15, 0.2) is 0 Å². The number of urea groups is 1. The predicted molar refractivity (Wildman–Crippen MR) is 94.0 cm³/mol. The van der Waals surface area contributed by atoms with Gasteiger partial charge in [-0.05, 0) is 49.9 Å². The minimum absolute atomic E-state index is 0.0150. The Hall–Kier alpha value is -2.11. The number of benzene rings is 1. The largest absolute Gasteiger partial charge is 0.337 e. The summed E-state index contributed by atoms with van der Waals surface area (Å²) in [4.78, 5) is 28.6. The molecule has 0 spiro atoms. The van der Waals surface area contributed by atoms with Crippen molar-refractivity contribution in [2.45, 2.75) is 45.1 Å². The number of halogens is 1. The van der Waals surface area contributed by atoms with Crippen LogP contribution in [-0.4, -0.2) is 54.0 Å². The normalized spacial score (nSPS) is 19.0. The van der Waals surface area contributed by atoms with Crippen molar-refractivity contribution in [3.8, 4) is 0 Å². The van der Waals surface area contributed by atoms with Gasteiger partial charge in [-0.15, -0.1) is 0 Å². The zero-order chi connectivity index (χ0) is 17.8. The van der Waals surface area contributed by atoms with Crippen LogP contribution in [0.15, 0.2) is 18.2 Å². The third-order valence-corrected chi connectivity index (χ3v) is 5.16. The molecule has 0 unspecified atom stereocenters. The third kappa shape index (κ3) is 4.30. The van der Waals surface area contributed by atoms with E-state index in [0.29, 0.717) is 43.3 Å². The molecule has 136 valence electrons. The average molecular weight is 347 g/mol. The van der Waals surface area contributed by atoms with Crippen molar-refractivity contribution in [1.82, 2.24) is 15.1 Å². The summed E-state index contributed by atoms with van der Waals surface area (Å²) in [6.45, 7) is 3.97. The van der Waals surface area contributed by atoms with Gasteiger partial charge in [0.05, 0.1) is 0 Å². The van der Waals surface area contributed by atoms with Gasteiger partial charge in [-0.2, -0.15) is 0 Å². The SMILES string of the molecule is Cc1cc(C(=O)N2CCCN(C(=O)NC3CCCC3)CC2)ccc1F. The first-order valence-electron chi connectivity index (χ1n) is 9.15. The monoisotopic (exact) mass is 347 g/mol. The molecule has 1 N–H and O–H groups in total. The number of carbonyl (C=O) groups excluding carboxylic acids is 2. The number of nitrogens with one attached hydrogen (secondary N) is 1. The molecule has 0 bridgehead atoms. The second-order valence-electron chi connectivity index (χ2n) is 7.03. The lowest BCUT2D eigenvalue weighted by molar-refractivity contribution is 0.0762. The van der Waals surface area contributed by atoms with Gasteiger partial charge in [0.1, 0.15) is 5.82 Å². The summed E-state index contributed by atoms with van der Waals surface area (Å²) in [5, 5.41) is 3.11. The molecule has 5 nitrogen and oxygen atoms in total. The smallest absolute Gasteiger partial charge is 0.317 e. The molecule has 1 aliphatic carbocycles. The molecule has 1 aromatic carbocycles. The van der Waals surface area contributed by atoms with E-state index in [2.05, 4.69) is 5.32 Å². The van der Waals surface area contributed by atoms with E-state index < -0.39 is 0 Å². The minimum Gasteiger partial charge on any atom is -0.337 e. The highest BCUT2D eigenvalue weighted by atomic mass is 19.1. The van der Waals surface area contributed by atoms with E-state index in [9.17, 15) is 14.0 Å². The molecule has 3 amide bonds. The lowest BCUT2D eigenvalue weighted by Gasteiger charge is -2.24. The lowest BCUT2D eigenvalue weighted by Crippen LogP contribution is -2.45. The van der Waals surface area contributed by atoms with Gasteiger partial charge in [0, 0.05) is 37.8 Å². The molecule has 0 atom stereocenters. The van der Waals surface area contributed by atoms with Gasteiger partial charge in [-0.1, -0.05) is 12.8 Å². The number of amides is 3. The molecule has 1 saturated heterocycles. The van der Waals surface area contributed by atoms with Gasteiger partial charge < -0.3 is 15.1 Å². The Balaban J connectivity index is 1.57. The minimum atomic E-state index is -0.304. The Morgan fingerprint density at radius 2 is 1.72 bits per heavy atom. The number of carbonyl (C=O) groups is 2. The van der Waals surface area contributed by atoms with Crippen LogP contribution in [0.3, 0.4) is 0 Å². The number of hydrogen-bond acceptors (Lipinski definition) is 2. The summed E-state index contributed by atoms with van der Waals surface area (Å²) in [5.41, 5.74) is 0.973.